The third kappa shape index (κ3) is 2.86. The molecule has 2 aromatic heterocycles. The number of aromatic nitrogens is 2. The van der Waals surface area contributed by atoms with Crippen LogP contribution in [0.25, 0.3) is 54.9 Å². The first-order valence-corrected chi connectivity index (χ1v) is 13.5. The molecule has 0 bridgehead atoms. The molecule has 0 saturated carbocycles. The van der Waals surface area contributed by atoms with Crippen LogP contribution in [0.15, 0.2) is 120 Å². The molecule has 2 atom stereocenters. The number of furan rings is 1. The number of nitrogens with zero attached hydrogens (tertiary/aromatic N) is 3. The van der Waals surface area contributed by atoms with Crippen LogP contribution in [0.2, 0.25) is 0 Å². The molecule has 1 aliphatic carbocycles. The zero-order chi connectivity index (χ0) is 26.2. The molecule has 3 heterocycles. The number of allylic oxidation sites excluding steroid dienone is 1. The predicted molar refractivity (Wildman–Crippen MR) is 162 cm³/mol. The lowest BCUT2D eigenvalue weighted by molar-refractivity contribution is 0.672. The molecule has 0 radical (unpaired) electrons. The number of hydrogen-bond acceptors (Lipinski definition) is 4. The van der Waals surface area contributed by atoms with E-state index >= 15 is 0 Å². The lowest BCUT2D eigenvalue weighted by atomic mass is 9.88. The van der Waals surface area contributed by atoms with Crippen LogP contribution in [0, 0.1) is 11.8 Å². The Morgan fingerprint density at radius 3 is 2.30 bits per heavy atom. The van der Waals surface area contributed by atoms with Gasteiger partial charge in [-0.3, -0.25) is 4.90 Å². The maximum Gasteiger partial charge on any atom is 0.232 e. The average molecular weight is 512 g/mol. The number of rotatable bonds is 2. The minimum Gasteiger partial charge on any atom is -0.455 e. The van der Waals surface area contributed by atoms with Gasteiger partial charge in [0, 0.05) is 38.4 Å². The molecule has 0 N–H and O–H groups in total. The molecule has 2 aliphatic rings. The summed E-state index contributed by atoms with van der Waals surface area (Å²) in [5, 5.41) is 5.50. The molecule has 0 fully saturated rings. The van der Waals surface area contributed by atoms with Crippen molar-refractivity contribution in [2.24, 2.45) is 0 Å². The maximum absolute atomic E-state index is 6.54. The summed E-state index contributed by atoms with van der Waals surface area (Å²) in [7, 11) is 0. The third-order valence-electron chi connectivity index (χ3n) is 8.21. The Balaban J connectivity index is 1.43. The van der Waals surface area contributed by atoms with E-state index in [9.17, 15) is 0 Å². The second kappa shape index (κ2) is 8.05. The Hall–Kier alpha value is -5.40. The van der Waals surface area contributed by atoms with Gasteiger partial charge in [0.25, 0.3) is 0 Å². The van der Waals surface area contributed by atoms with Crippen molar-refractivity contribution in [1.82, 2.24) is 9.97 Å². The number of fused-ring (bicyclic) bond motifs is 11. The van der Waals surface area contributed by atoms with Gasteiger partial charge < -0.3 is 4.42 Å². The second-order valence-corrected chi connectivity index (χ2v) is 10.4. The molecule has 5 aromatic carbocycles. The normalized spacial score (nSPS) is 17.4. The van der Waals surface area contributed by atoms with Gasteiger partial charge in [0.05, 0.1) is 16.9 Å². The first-order valence-electron chi connectivity index (χ1n) is 13.5. The van der Waals surface area contributed by atoms with Crippen molar-refractivity contribution in [3.05, 3.63) is 121 Å². The largest absolute Gasteiger partial charge is 0.455 e. The van der Waals surface area contributed by atoms with E-state index in [0.717, 1.165) is 60.6 Å². The van der Waals surface area contributed by atoms with E-state index in [0.29, 0.717) is 5.95 Å². The van der Waals surface area contributed by atoms with E-state index in [1.165, 1.54) is 5.56 Å². The summed E-state index contributed by atoms with van der Waals surface area (Å²) in [5.74, 6) is 7.50. The molecule has 0 spiro atoms. The fourth-order valence-electron chi connectivity index (χ4n) is 6.55. The Labute approximate surface area is 230 Å². The highest BCUT2D eigenvalue weighted by molar-refractivity contribution is 6.22. The van der Waals surface area contributed by atoms with E-state index in [-0.39, 0.29) is 12.0 Å². The summed E-state index contributed by atoms with van der Waals surface area (Å²) < 4.78 is 6.54. The van der Waals surface area contributed by atoms with Crippen LogP contribution in [-0.4, -0.2) is 16.0 Å². The average Bonchev–Trinajstić information content (AvgIpc) is 3.58. The SMILES string of the molecule is C1#CC2C(C=C1)c1c(c3ccccc3c3oc4ccccc4c13)N2c1nc(-c2ccccc2)c2ccccc2n1. The van der Waals surface area contributed by atoms with Gasteiger partial charge in [-0.2, -0.15) is 0 Å². The van der Waals surface area contributed by atoms with Gasteiger partial charge in [0.2, 0.25) is 5.95 Å². The molecule has 9 rings (SSSR count). The van der Waals surface area contributed by atoms with Crippen molar-refractivity contribution >= 4 is 55.2 Å². The zero-order valence-electron chi connectivity index (χ0n) is 21.4. The van der Waals surface area contributed by atoms with Crippen molar-refractivity contribution in [2.45, 2.75) is 12.0 Å². The summed E-state index contributed by atoms with van der Waals surface area (Å²) >= 11 is 0. The van der Waals surface area contributed by atoms with Gasteiger partial charge in [-0.25, -0.2) is 9.97 Å². The first kappa shape index (κ1) is 21.5. The summed E-state index contributed by atoms with van der Waals surface area (Å²) in [6.45, 7) is 0. The van der Waals surface area contributed by atoms with E-state index < -0.39 is 0 Å². The van der Waals surface area contributed by atoms with Crippen LogP contribution in [-0.2, 0) is 0 Å². The molecule has 0 amide bonds. The van der Waals surface area contributed by atoms with Crippen molar-refractivity contribution in [3.8, 4) is 23.1 Å². The van der Waals surface area contributed by atoms with E-state index in [1.807, 2.05) is 30.3 Å². The molecule has 40 heavy (non-hydrogen) atoms. The number of hydrogen-bond donors (Lipinski definition) is 0. The fraction of sp³-hybridized carbons (Fsp3) is 0.0556. The highest BCUT2D eigenvalue weighted by Crippen LogP contribution is 2.54. The summed E-state index contributed by atoms with van der Waals surface area (Å²) in [4.78, 5) is 12.7. The smallest absolute Gasteiger partial charge is 0.232 e. The van der Waals surface area contributed by atoms with Gasteiger partial charge in [-0.15, -0.1) is 0 Å². The van der Waals surface area contributed by atoms with E-state index in [1.54, 1.807) is 0 Å². The lowest BCUT2D eigenvalue weighted by Gasteiger charge is -2.26. The van der Waals surface area contributed by atoms with Crippen molar-refractivity contribution < 1.29 is 4.42 Å². The van der Waals surface area contributed by atoms with Crippen LogP contribution >= 0.6 is 0 Å². The highest BCUT2D eigenvalue weighted by Gasteiger charge is 2.43. The molecule has 186 valence electrons. The first-order chi connectivity index (χ1) is 19.9. The molecule has 1 aliphatic heterocycles. The van der Waals surface area contributed by atoms with Crippen LogP contribution < -0.4 is 4.90 Å². The van der Waals surface area contributed by atoms with E-state index in [4.69, 9.17) is 14.4 Å². The molecule has 0 saturated heterocycles. The fourth-order valence-corrected chi connectivity index (χ4v) is 6.55. The Bertz CT molecular complexity index is 2250. The molecule has 4 nitrogen and oxygen atoms in total. The van der Waals surface area contributed by atoms with Gasteiger partial charge >= 0.3 is 0 Å². The summed E-state index contributed by atoms with van der Waals surface area (Å²) in [6.07, 6.45) is 4.21. The predicted octanol–water partition coefficient (Wildman–Crippen LogP) is 8.53. The Morgan fingerprint density at radius 2 is 1.43 bits per heavy atom. The summed E-state index contributed by atoms with van der Waals surface area (Å²) in [5.41, 5.74) is 7.05. The van der Waals surface area contributed by atoms with Crippen molar-refractivity contribution in [3.63, 3.8) is 0 Å². The minimum atomic E-state index is -0.132. The van der Waals surface area contributed by atoms with Gasteiger partial charge in [-0.1, -0.05) is 109 Å². The van der Waals surface area contributed by atoms with Gasteiger partial charge in [0.15, 0.2) is 0 Å². The zero-order valence-corrected chi connectivity index (χ0v) is 21.4. The highest BCUT2D eigenvalue weighted by atomic mass is 16.3. The summed E-state index contributed by atoms with van der Waals surface area (Å²) in [6, 6.07) is 35.3. The minimum absolute atomic E-state index is 0.0552. The topological polar surface area (TPSA) is 42.2 Å². The molecule has 4 heteroatoms. The van der Waals surface area contributed by atoms with Crippen LogP contribution in [0.3, 0.4) is 0 Å². The van der Waals surface area contributed by atoms with Gasteiger partial charge in [-0.05, 0) is 23.8 Å². The number of benzene rings is 5. The number of para-hydroxylation sites is 2. The maximum atomic E-state index is 6.54. The standard InChI is InChI=1S/C36H21N3O/c1-2-12-22(13-3-1)33-25-16-6-9-19-28(25)37-36(38-33)39-29-20-10-7-17-26(29)31-32-27-18-8-11-21-30(27)40-35(32)24-15-5-4-14-23(24)34(31)39/h1-9,11-19,21,26,29H. The Kier molecular flexibility index (Phi) is 4.33. The van der Waals surface area contributed by atoms with Crippen LogP contribution in [0.5, 0.6) is 0 Å². The van der Waals surface area contributed by atoms with Gasteiger partial charge in [0.1, 0.15) is 17.2 Å². The molecule has 2 unspecified atom stereocenters. The molecular weight excluding hydrogens is 490 g/mol. The monoisotopic (exact) mass is 511 g/mol. The van der Waals surface area contributed by atoms with Crippen molar-refractivity contribution in [1.29, 1.82) is 0 Å². The quantitative estimate of drug-likeness (QED) is 0.218. The number of anilines is 2. The van der Waals surface area contributed by atoms with Crippen LogP contribution in [0.1, 0.15) is 11.5 Å². The lowest BCUT2D eigenvalue weighted by Crippen LogP contribution is -2.30. The third-order valence-corrected chi connectivity index (χ3v) is 8.21. The molecule has 7 aromatic rings. The van der Waals surface area contributed by atoms with Crippen LogP contribution in [0.4, 0.5) is 11.6 Å². The molecular formula is C36H21N3O. The second-order valence-electron chi connectivity index (χ2n) is 10.4. The van der Waals surface area contributed by atoms with E-state index in [2.05, 4.69) is 102 Å². The Morgan fingerprint density at radius 1 is 0.700 bits per heavy atom. The van der Waals surface area contributed by atoms with Crippen molar-refractivity contribution in [2.75, 3.05) is 4.90 Å².